The van der Waals surface area contributed by atoms with E-state index in [1.165, 1.54) is 24.3 Å². The van der Waals surface area contributed by atoms with Gasteiger partial charge in [0.2, 0.25) is 5.56 Å². The van der Waals surface area contributed by atoms with E-state index in [0.29, 0.717) is 17.4 Å². The van der Waals surface area contributed by atoms with Crippen molar-refractivity contribution >= 4 is 22.5 Å². The molecule has 1 aliphatic rings. The lowest BCUT2D eigenvalue weighted by Crippen LogP contribution is -2.38. The topological polar surface area (TPSA) is 108 Å². The number of carbonyl (C=O) groups is 1. The standard InChI is InChI=1S/C15H16N4O4/c1-18(10-4-5-16-8-10)15(21)12-7-14(20)17-13-3-2-9(19(22)23)6-11(12)13/h2-3,6-7,10,16H,4-5,8H2,1H3,(H,17,20). The fourth-order valence-electron chi connectivity index (χ4n) is 2.86. The number of pyridine rings is 1. The van der Waals surface area contributed by atoms with Gasteiger partial charge in [-0.25, -0.2) is 0 Å². The number of nitro benzene ring substituents is 1. The molecule has 0 aliphatic carbocycles. The van der Waals surface area contributed by atoms with Crippen LogP contribution >= 0.6 is 0 Å². The molecule has 1 amide bonds. The summed E-state index contributed by atoms with van der Waals surface area (Å²) in [5.41, 5.74) is 0.0580. The summed E-state index contributed by atoms with van der Waals surface area (Å²) < 4.78 is 0. The number of aromatic nitrogens is 1. The van der Waals surface area contributed by atoms with Gasteiger partial charge in [-0.05, 0) is 19.0 Å². The molecule has 0 spiro atoms. The van der Waals surface area contributed by atoms with Gasteiger partial charge >= 0.3 is 0 Å². The summed E-state index contributed by atoms with van der Waals surface area (Å²) in [7, 11) is 1.68. The molecule has 1 saturated heterocycles. The molecule has 23 heavy (non-hydrogen) atoms. The predicted molar refractivity (Wildman–Crippen MR) is 84.6 cm³/mol. The molecule has 1 aliphatic heterocycles. The van der Waals surface area contributed by atoms with Gasteiger partial charge in [-0.15, -0.1) is 0 Å². The van der Waals surface area contributed by atoms with E-state index in [1.54, 1.807) is 11.9 Å². The van der Waals surface area contributed by atoms with Crippen molar-refractivity contribution in [2.45, 2.75) is 12.5 Å². The normalized spacial score (nSPS) is 17.3. The number of nitrogens with one attached hydrogen (secondary N) is 2. The van der Waals surface area contributed by atoms with Crippen molar-refractivity contribution in [3.63, 3.8) is 0 Å². The molecular formula is C15H16N4O4. The fourth-order valence-corrected chi connectivity index (χ4v) is 2.86. The number of rotatable bonds is 3. The van der Waals surface area contributed by atoms with Crippen LogP contribution in [0.1, 0.15) is 16.8 Å². The minimum absolute atomic E-state index is 0.0514. The molecule has 2 aromatic rings. The number of nitrogens with zero attached hydrogens (tertiary/aromatic N) is 2. The molecular weight excluding hydrogens is 300 g/mol. The smallest absolute Gasteiger partial charge is 0.270 e. The number of hydrogen-bond donors (Lipinski definition) is 2. The summed E-state index contributed by atoms with van der Waals surface area (Å²) in [5.74, 6) is -0.310. The molecule has 3 rings (SSSR count). The zero-order valence-electron chi connectivity index (χ0n) is 12.5. The van der Waals surface area contributed by atoms with Crippen LogP contribution in [0.5, 0.6) is 0 Å². The molecule has 1 aromatic heterocycles. The van der Waals surface area contributed by atoms with Crippen molar-refractivity contribution in [2.75, 3.05) is 20.1 Å². The Kier molecular flexibility index (Phi) is 3.83. The summed E-state index contributed by atoms with van der Waals surface area (Å²) in [4.78, 5) is 39.2. The van der Waals surface area contributed by atoms with Crippen LogP contribution in [0, 0.1) is 10.1 Å². The van der Waals surface area contributed by atoms with Gasteiger partial charge in [-0.2, -0.15) is 0 Å². The first-order valence-electron chi connectivity index (χ1n) is 7.27. The Morgan fingerprint density at radius 3 is 2.83 bits per heavy atom. The number of carbonyl (C=O) groups excluding carboxylic acids is 1. The number of H-pyrrole nitrogens is 1. The van der Waals surface area contributed by atoms with Gasteiger partial charge in [0.05, 0.1) is 10.5 Å². The van der Waals surface area contributed by atoms with Crippen LogP contribution in [0.15, 0.2) is 29.1 Å². The van der Waals surface area contributed by atoms with E-state index in [0.717, 1.165) is 13.0 Å². The van der Waals surface area contributed by atoms with Gasteiger partial charge in [-0.3, -0.25) is 19.7 Å². The van der Waals surface area contributed by atoms with E-state index in [9.17, 15) is 19.7 Å². The molecule has 8 nitrogen and oxygen atoms in total. The second kappa shape index (κ2) is 5.81. The highest BCUT2D eigenvalue weighted by Gasteiger charge is 2.26. The fraction of sp³-hybridized carbons (Fsp3) is 0.333. The molecule has 0 bridgehead atoms. The lowest BCUT2D eigenvalue weighted by molar-refractivity contribution is -0.384. The van der Waals surface area contributed by atoms with Crippen LogP contribution in [-0.4, -0.2) is 46.9 Å². The summed E-state index contributed by atoms with van der Waals surface area (Å²) in [6.45, 7) is 1.54. The lowest BCUT2D eigenvalue weighted by atomic mass is 10.1. The number of fused-ring (bicyclic) bond motifs is 1. The quantitative estimate of drug-likeness (QED) is 0.645. The number of likely N-dealkylation sites (N-methyl/N-ethyl adjacent to an activating group) is 1. The van der Waals surface area contributed by atoms with Crippen LogP contribution in [0.3, 0.4) is 0 Å². The predicted octanol–water partition coefficient (Wildman–Crippen LogP) is 0.870. The molecule has 1 atom stereocenters. The van der Waals surface area contributed by atoms with Crippen LogP contribution in [0.4, 0.5) is 5.69 Å². The van der Waals surface area contributed by atoms with Crippen LogP contribution in [-0.2, 0) is 0 Å². The summed E-state index contributed by atoms with van der Waals surface area (Å²) in [5, 5.41) is 14.5. The van der Waals surface area contributed by atoms with Crippen molar-refractivity contribution in [1.29, 1.82) is 0 Å². The van der Waals surface area contributed by atoms with E-state index in [1.807, 2.05) is 0 Å². The maximum atomic E-state index is 12.8. The van der Waals surface area contributed by atoms with E-state index in [2.05, 4.69) is 10.3 Å². The van der Waals surface area contributed by atoms with E-state index < -0.39 is 10.5 Å². The number of hydrogen-bond acceptors (Lipinski definition) is 5. The summed E-state index contributed by atoms with van der Waals surface area (Å²) in [6.07, 6.45) is 0.837. The minimum Gasteiger partial charge on any atom is -0.337 e. The Labute approximate surface area is 131 Å². The third kappa shape index (κ3) is 2.80. The highest BCUT2D eigenvalue weighted by atomic mass is 16.6. The second-order valence-corrected chi connectivity index (χ2v) is 5.60. The number of benzene rings is 1. The van der Waals surface area contributed by atoms with Gasteiger partial charge < -0.3 is 15.2 Å². The third-order valence-electron chi connectivity index (χ3n) is 4.17. The van der Waals surface area contributed by atoms with Gasteiger partial charge in [-0.1, -0.05) is 0 Å². The van der Waals surface area contributed by atoms with E-state index in [4.69, 9.17) is 0 Å². The molecule has 2 heterocycles. The second-order valence-electron chi connectivity index (χ2n) is 5.60. The van der Waals surface area contributed by atoms with Crippen molar-refractivity contribution in [2.24, 2.45) is 0 Å². The first kappa shape index (κ1) is 15.2. The number of nitro groups is 1. The average molecular weight is 316 g/mol. The van der Waals surface area contributed by atoms with Crippen LogP contribution in [0.25, 0.3) is 10.9 Å². The number of amides is 1. The van der Waals surface area contributed by atoms with Crippen molar-refractivity contribution < 1.29 is 9.72 Å². The van der Waals surface area contributed by atoms with Gasteiger partial charge in [0.1, 0.15) is 0 Å². The highest BCUT2D eigenvalue weighted by Crippen LogP contribution is 2.23. The van der Waals surface area contributed by atoms with Crippen molar-refractivity contribution in [1.82, 2.24) is 15.2 Å². The molecule has 120 valence electrons. The minimum atomic E-state index is -0.524. The monoisotopic (exact) mass is 316 g/mol. The van der Waals surface area contributed by atoms with Crippen molar-refractivity contribution in [3.05, 3.63) is 50.3 Å². The third-order valence-corrected chi connectivity index (χ3v) is 4.17. The number of aromatic amines is 1. The SMILES string of the molecule is CN(C(=O)c1cc(=O)[nH]c2ccc([N+](=O)[O-])cc12)C1CCNC1. The summed E-state index contributed by atoms with van der Waals surface area (Å²) in [6, 6.07) is 5.32. The Bertz CT molecular complexity index is 839. The first-order chi connectivity index (χ1) is 11.0. The molecule has 1 aromatic carbocycles. The van der Waals surface area contributed by atoms with Gasteiger partial charge in [0, 0.05) is 48.7 Å². The maximum Gasteiger partial charge on any atom is 0.270 e. The lowest BCUT2D eigenvalue weighted by Gasteiger charge is -2.24. The summed E-state index contributed by atoms with van der Waals surface area (Å²) >= 11 is 0. The zero-order valence-corrected chi connectivity index (χ0v) is 12.5. The Balaban J connectivity index is 2.10. The van der Waals surface area contributed by atoms with Crippen LogP contribution < -0.4 is 10.9 Å². The highest BCUT2D eigenvalue weighted by molar-refractivity contribution is 6.06. The van der Waals surface area contributed by atoms with E-state index >= 15 is 0 Å². The Morgan fingerprint density at radius 2 is 2.17 bits per heavy atom. The first-order valence-corrected chi connectivity index (χ1v) is 7.27. The average Bonchev–Trinajstić information content (AvgIpc) is 3.06. The molecule has 2 N–H and O–H groups in total. The molecule has 1 fully saturated rings. The molecule has 0 radical (unpaired) electrons. The Hall–Kier alpha value is -2.74. The largest absolute Gasteiger partial charge is 0.337 e. The van der Waals surface area contributed by atoms with E-state index in [-0.39, 0.29) is 23.2 Å². The van der Waals surface area contributed by atoms with Gasteiger partial charge in [0.15, 0.2) is 0 Å². The van der Waals surface area contributed by atoms with Crippen molar-refractivity contribution in [3.8, 4) is 0 Å². The van der Waals surface area contributed by atoms with Gasteiger partial charge in [0.25, 0.3) is 11.6 Å². The molecule has 1 unspecified atom stereocenters. The molecule has 0 saturated carbocycles. The molecule has 8 heteroatoms. The number of non-ortho nitro benzene ring substituents is 1. The Morgan fingerprint density at radius 1 is 1.39 bits per heavy atom. The zero-order chi connectivity index (χ0) is 16.6. The van der Waals surface area contributed by atoms with Crippen LogP contribution in [0.2, 0.25) is 0 Å². The maximum absolute atomic E-state index is 12.8.